The molecule has 0 aliphatic carbocycles. The first-order chi connectivity index (χ1) is 10.1. The van der Waals surface area contributed by atoms with Gasteiger partial charge in [-0.1, -0.05) is 36.4 Å². The molecule has 0 aromatic heterocycles. The highest BCUT2D eigenvalue weighted by molar-refractivity contribution is 5.13. The molecule has 5 nitrogen and oxygen atoms in total. The van der Waals surface area contributed by atoms with Crippen molar-refractivity contribution in [1.29, 1.82) is 0 Å². The van der Waals surface area contributed by atoms with Crippen molar-refractivity contribution in [3.05, 3.63) is 48.6 Å². The molecular weight excluding hydrogens is 272 g/mol. The van der Waals surface area contributed by atoms with Gasteiger partial charge in [0.25, 0.3) is 0 Å². The van der Waals surface area contributed by atoms with Gasteiger partial charge in [-0.15, -0.1) is 6.58 Å². The molecule has 1 aliphatic heterocycles. The molecule has 5 atom stereocenters. The first kappa shape index (κ1) is 16.1. The Labute approximate surface area is 124 Å². The van der Waals surface area contributed by atoms with Gasteiger partial charge in [-0.2, -0.15) is 0 Å². The highest BCUT2D eigenvalue weighted by Gasteiger charge is 2.44. The van der Waals surface area contributed by atoms with E-state index in [2.05, 4.69) is 6.58 Å². The van der Waals surface area contributed by atoms with E-state index < -0.39 is 30.7 Å². The van der Waals surface area contributed by atoms with E-state index in [0.717, 1.165) is 5.56 Å². The Morgan fingerprint density at radius 3 is 2.57 bits per heavy atom. The molecule has 0 amide bonds. The average molecular weight is 294 g/mol. The second kappa shape index (κ2) is 7.68. The summed E-state index contributed by atoms with van der Waals surface area (Å²) in [6.45, 7) is 5.89. The molecule has 0 saturated carbocycles. The third-order valence-electron chi connectivity index (χ3n) is 3.46. The SMILES string of the molecule is C=CCO[C@@H]1[C@H](O)[C@@H](OCc2ccccc2)[C@H](C)O[C@H]1O. The van der Waals surface area contributed by atoms with E-state index in [9.17, 15) is 10.2 Å². The summed E-state index contributed by atoms with van der Waals surface area (Å²) in [6.07, 6.45) is -2.43. The minimum atomic E-state index is -1.17. The molecule has 1 aromatic carbocycles. The van der Waals surface area contributed by atoms with Gasteiger partial charge in [0.05, 0.1) is 19.3 Å². The summed E-state index contributed by atoms with van der Waals surface area (Å²) in [5.74, 6) is 0. The van der Waals surface area contributed by atoms with Crippen LogP contribution in [-0.2, 0) is 20.8 Å². The maximum absolute atomic E-state index is 10.3. The Hall–Kier alpha value is -1.24. The fourth-order valence-corrected chi connectivity index (χ4v) is 2.37. The lowest BCUT2D eigenvalue weighted by Crippen LogP contribution is -2.58. The lowest BCUT2D eigenvalue weighted by molar-refractivity contribution is -0.295. The van der Waals surface area contributed by atoms with Gasteiger partial charge in [0.15, 0.2) is 6.29 Å². The lowest BCUT2D eigenvalue weighted by Gasteiger charge is -2.41. The molecule has 0 bridgehead atoms. The van der Waals surface area contributed by atoms with Crippen molar-refractivity contribution in [3.8, 4) is 0 Å². The van der Waals surface area contributed by atoms with E-state index in [1.54, 1.807) is 13.0 Å². The minimum Gasteiger partial charge on any atom is -0.387 e. The number of benzene rings is 1. The van der Waals surface area contributed by atoms with E-state index >= 15 is 0 Å². The fraction of sp³-hybridized carbons (Fsp3) is 0.500. The third kappa shape index (κ3) is 4.12. The number of hydrogen-bond donors (Lipinski definition) is 2. The Bertz CT molecular complexity index is 436. The van der Waals surface area contributed by atoms with Crippen molar-refractivity contribution in [3.63, 3.8) is 0 Å². The third-order valence-corrected chi connectivity index (χ3v) is 3.46. The van der Waals surface area contributed by atoms with Crippen LogP contribution < -0.4 is 0 Å². The summed E-state index contributed by atoms with van der Waals surface area (Å²) >= 11 is 0. The fourth-order valence-electron chi connectivity index (χ4n) is 2.37. The summed E-state index contributed by atoms with van der Waals surface area (Å²) in [5, 5.41) is 20.2. The van der Waals surface area contributed by atoms with Crippen LogP contribution in [0.3, 0.4) is 0 Å². The quantitative estimate of drug-likeness (QED) is 0.773. The highest BCUT2D eigenvalue weighted by Crippen LogP contribution is 2.25. The van der Waals surface area contributed by atoms with Crippen molar-refractivity contribution < 1.29 is 24.4 Å². The lowest BCUT2D eigenvalue weighted by atomic mass is 9.99. The molecule has 2 N–H and O–H groups in total. The van der Waals surface area contributed by atoms with Gasteiger partial charge >= 0.3 is 0 Å². The van der Waals surface area contributed by atoms with Gasteiger partial charge in [-0.05, 0) is 12.5 Å². The minimum absolute atomic E-state index is 0.224. The Morgan fingerprint density at radius 1 is 1.19 bits per heavy atom. The van der Waals surface area contributed by atoms with Crippen LogP contribution >= 0.6 is 0 Å². The summed E-state index contributed by atoms with van der Waals surface area (Å²) in [4.78, 5) is 0. The first-order valence-electron chi connectivity index (χ1n) is 7.03. The zero-order chi connectivity index (χ0) is 15.2. The van der Waals surface area contributed by atoms with Gasteiger partial charge in [0.1, 0.15) is 18.3 Å². The maximum Gasteiger partial charge on any atom is 0.184 e. The van der Waals surface area contributed by atoms with Crippen LogP contribution in [0.2, 0.25) is 0 Å². The molecule has 116 valence electrons. The number of ether oxygens (including phenoxy) is 3. The Balaban J connectivity index is 1.97. The van der Waals surface area contributed by atoms with Gasteiger partial charge in [-0.3, -0.25) is 0 Å². The van der Waals surface area contributed by atoms with Crippen LogP contribution in [0.15, 0.2) is 43.0 Å². The standard InChI is InChI=1S/C16H22O5/c1-3-9-19-15-13(17)14(11(2)21-16(15)18)20-10-12-7-5-4-6-8-12/h3-8,11,13-18H,1,9-10H2,2H3/t11-,13+,14-,15+,16+/m0/s1. The monoisotopic (exact) mass is 294 g/mol. The van der Waals surface area contributed by atoms with E-state index in [1.807, 2.05) is 30.3 Å². The predicted octanol–water partition coefficient (Wildman–Crippen LogP) is 1.24. The molecule has 0 spiro atoms. The van der Waals surface area contributed by atoms with Crippen molar-refractivity contribution >= 4 is 0 Å². The second-order valence-corrected chi connectivity index (χ2v) is 5.07. The summed E-state index contributed by atoms with van der Waals surface area (Å²) in [6, 6.07) is 9.67. The number of hydrogen-bond acceptors (Lipinski definition) is 5. The van der Waals surface area contributed by atoms with Gasteiger partial charge < -0.3 is 24.4 Å². The topological polar surface area (TPSA) is 68.2 Å². The molecule has 21 heavy (non-hydrogen) atoms. The molecule has 2 rings (SSSR count). The molecule has 1 aliphatic rings. The molecule has 0 unspecified atom stereocenters. The zero-order valence-electron chi connectivity index (χ0n) is 12.1. The molecule has 1 heterocycles. The zero-order valence-corrected chi connectivity index (χ0v) is 12.1. The van der Waals surface area contributed by atoms with Gasteiger partial charge in [0.2, 0.25) is 0 Å². The number of aliphatic hydroxyl groups excluding tert-OH is 2. The molecule has 1 fully saturated rings. The van der Waals surface area contributed by atoms with E-state index in [-0.39, 0.29) is 6.61 Å². The van der Waals surface area contributed by atoms with Crippen LogP contribution in [-0.4, -0.2) is 47.5 Å². The van der Waals surface area contributed by atoms with Crippen LogP contribution in [0.4, 0.5) is 0 Å². The molecule has 5 heteroatoms. The Morgan fingerprint density at radius 2 is 1.90 bits per heavy atom. The van der Waals surface area contributed by atoms with Gasteiger partial charge in [0, 0.05) is 0 Å². The summed E-state index contributed by atoms with van der Waals surface area (Å²) < 4.78 is 16.5. The van der Waals surface area contributed by atoms with E-state index in [4.69, 9.17) is 14.2 Å². The molecular formula is C16H22O5. The molecule has 1 aromatic rings. The van der Waals surface area contributed by atoms with E-state index in [1.165, 1.54) is 0 Å². The van der Waals surface area contributed by atoms with Gasteiger partial charge in [-0.25, -0.2) is 0 Å². The predicted molar refractivity (Wildman–Crippen MR) is 77.5 cm³/mol. The molecule has 1 saturated heterocycles. The first-order valence-corrected chi connectivity index (χ1v) is 7.03. The van der Waals surface area contributed by atoms with Crippen molar-refractivity contribution in [2.75, 3.05) is 6.61 Å². The van der Waals surface area contributed by atoms with Crippen LogP contribution in [0, 0.1) is 0 Å². The largest absolute Gasteiger partial charge is 0.387 e. The van der Waals surface area contributed by atoms with Crippen molar-refractivity contribution in [2.24, 2.45) is 0 Å². The smallest absolute Gasteiger partial charge is 0.184 e. The van der Waals surface area contributed by atoms with E-state index in [0.29, 0.717) is 6.61 Å². The summed E-state index contributed by atoms with van der Waals surface area (Å²) in [5.41, 5.74) is 1.01. The van der Waals surface area contributed by atoms with Crippen LogP contribution in [0.5, 0.6) is 0 Å². The normalized spacial score (nSPS) is 32.8. The Kier molecular flexibility index (Phi) is 5.90. The second-order valence-electron chi connectivity index (χ2n) is 5.07. The number of aliphatic hydroxyl groups is 2. The number of rotatable bonds is 6. The maximum atomic E-state index is 10.3. The average Bonchev–Trinajstić information content (AvgIpc) is 2.47. The molecule has 0 radical (unpaired) electrons. The summed E-state index contributed by atoms with van der Waals surface area (Å²) in [7, 11) is 0. The highest BCUT2D eigenvalue weighted by atomic mass is 16.7. The van der Waals surface area contributed by atoms with Crippen molar-refractivity contribution in [1.82, 2.24) is 0 Å². The van der Waals surface area contributed by atoms with Crippen LogP contribution in [0.25, 0.3) is 0 Å². The van der Waals surface area contributed by atoms with Crippen LogP contribution in [0.1, 0.15) is 12.5 Å². The van der Waals surface area contributed by atoms with Crippen molar-refractivity contribution in [2.45, 2.75) is 44.2 Å².